The molecule has 2 aromatic rings. The van der Waals surface area contributed by atoms with Crippen molar-refractivity contribution in [1.29, 1.82) is 0 Å². The molecule has 0 aliphatic rings. The van der Waals surface area contributed by atoms with Gasteiger partial charge in [-0.15, -0.1) is 0 Å². The maximum atomic E-state index is 11.7. The fourth-order valence-electron chi connectivity index (χ4n) is 1.85. The molecular formula is C12H12N2O6. The van der Waals surface area contributed by atoms with E-state index in [0.29, 0.717) is 5.56 Å². The highest BCUT2D eigenvalue weighted by Gasteiger charge is 2.12. The Morgan fingerprint density at radius 2 is 2.05 bits per heavy atom. The van der Waals surface area contributed by atoms with Gasteiger partial charge in [0.05, 0.1) is 6.61 Å². The van der Waals surface area contributed by atoms with Gasteiger partial charge in [0.1, 0.15) is 5.39 Å². The monoisotopic (exact) mass is 280 g/mol. The highest BCUT2D eigenvalue weighted by atomic mass is 16.5. The molecule has 0 bridgehead atoms. The molecule has 2 heterocycles. The lowest BCUT2D eigenvalue weighted by Gasteiger charge is -2.04. The lowest BCUT2D eigenvalue weighted by atomic mass is 10.1. The van der Waals surface area contributed by atoms with E-state index in [1.807, 2.05) is 4.98 Å². The topological polar surface area (TPSA) is 122 Å². The molecular weight excluding hydrogens is 268 g/mol. The van der Waals surface area contributed by atoms with Crippen LogP contribution in [0.4, 0.5) is 0 Å². The third-order valence-electron chi connectivity index (χ3n) is 2.63. The lowest BCUT2D eigenvalue weighted by molar-refractivity contribution is -0.143. The second kappa shape index (κ2) is 5.55. The molecule has 0 unspecified atom stereocenters. The summed E-state index contributed by atoms with van der Waals surface area (Å²) in [5, 5.41) is 0.0495. The van der Waals surface area contributed by atoms with Crippen molar-refractivity contribution in [3.63, 3.8) is 0 Å². The van der Waals surface area contributed by atoms with Crippen LogP contribution >= 0.6 is 0 Å². The van der Waals surface area contributed by atoms with Crippen LogP contribution in [-0.2, 0) is 16.0 Å². The molecule has 0 saturated heterocycles. The van der Waals surface area contributed by atoms with E-state index in [4.69, 9.17) is 9.15 Å². The second-order valence-corrected chi connectivity index (χ2v) is 4.01. The van der Waals surface area contributed by atoms with Crippen molar-refractivity contribution in [2.75, 3.05) is 6.61 Å². The SMILES string of the molecule is CCOC(=O)CCc1cc(=O)oc2[nH]c(=O)[nH]c(=O)c12. The quantitative estimate of drug-likeness (QED) is 0.739. The van der Waals surface area contributed by atoms with Crippen molar-refractivity contribution < 1.29 is 13.9 Å². The third kappa shape index (κ3) is 2.85. The summed E-state index contributed by atoms with van der Waals surface area (Å²) in [6.45, 7) is 1.93. The Kier molecular flexibility index (Phi) is 3.83. The number of fused-ring (bicyclic) bond motifs is 1. The van der Waals surface area contributed by atoms with Gasteiger partial charge in [0.2, 0.25) is 5.71 Å². The lowest BCUT2D eigenvalue weighted by Crippen LogP contribution is -2.24. The third-order valence-corrected chi connectivity index (χ3v) is 2.63. The van der Waals surface area contributed by atoms with Crippen molar-refractivity contribution in [3.05, 3.63) is 42.9 Å². The number of nitrogens with one attached hydrogen (secondary N) is 2. The Labute approximate surface area is 111 Å². The van der Waals surface area contributed by atoms with Gasteiger partial charge in [-0.1, -0.05) is 0 Å². The number of rotatable bonds is 4. The van der Waals surface area contributed by atoms with Gasteiger partial charge in [-0.05, 0) is 18.9 Å². The van der Waals surface area contributed by atoms with Crippen LogP contribution in [0.25, 0.3) is 11.1 Å². The molecule has 8 heteroatoms. The number of carbonyl (C=O) groups excluding carboxylic acids is 1. The van der Waals surface area contributed by atoms with Gasteiger partial charge in [0.25, 0.3) is 5.56 Å². The highest BCUT2D eigenvalue weighted by Crippen LogP contribution is 2.11. The molecule has 0 aromatic carbocycles. The summed E-state index contributed by atoms with van der Waals surface area (Å²) in [6.07, 6.45) is 0.154. The van der Waals surface area contributed by atoms with Crippen LogP contribution < -0.4 is 16.9 Å². The average molecular weight is 280 g/mol. The molecule has 2 rings (SSSR count). The average Bonchev–Trinajstić information content (AvgIpc) is 2.35. The van der Waals surface area contributed by atoms with Crippen LogP contribution in [-0.4, -0.2) is 22.5 Å². The Hall–Kier alpha value is -2.64. The molecule has 0 amide bonds. The van der Waals surface area contributed by atoms with Gasteiger partial charge in [0, 0.05) is 12.5 Å². The number of ether oxygens (including phenoxy) is 1. The molecule has 2 N–H and O–H groups in total. The zero-order chi connectivity index (χ0) is 14.7. The predicted molar refractivity (Wildman–Crippen MR) is 68.7 cm³/mol. The number of H-pyrrole nitrogens is 2. The van der Waals surface area contributed by atoms with Crippen LogP contribution in [0.5, 0.6) is 0 Å². The molecule has 8 nitrogen and oxygen atoms in total. The van der Waals surface area contributed by atoms with Crippen LogP contribution in [0.1, 0.15) is 18.9 Å². The van der Waals surface area contributed by atoms with E-state index in [1.165, 1.54) is 0 Å². The van der Waals surface area contributed by atoms with E-state index in [-0.39, 0.29) is 30.5 Å². The first-order valence-corrected chi connectivity index (χ1v) is 5.96. The first kappa shape index (κ1) is 13.8. The van der Waals surface area contributed by atoms with E-state index in [9.17, 15) is 19.2 Å². The number of hydrogen-bond donors (Lipinski definition) is 2. The summed E-state index contributed by atoms with van der Waals surface area (Å²) in [5.74, 6) is -0.435. The Morgan fingerprint density at radius 1 is 1.30 bits per heavy atom. The summed E-state index contributed by atoms with van der Waals surface area (Å²) < 4.78 is 9.54. The van der Waals surface area contributed by atoms with Gasteiger partial charge in [-0.2, -0.15) is 0 Å². The molecule has 20 heavy (non-hydrogen) atoms. The maximum Gasteiger partial charge on any atom is 0.337 e. The van der Waals surface area contributed by atoms with Crippen LogP contribution in [0, 0.1) is 0 Å². The first-order chi connectivity index (χ1) is 9.51. The standard InChI is InChI=1S/C12H12N2O6/c1-2-19-7(15)4-3-6-5-8(16)20-11-9(6)10(17)13-12(18)14-11/h5H,2-4H2,1H3,(H2,13,14,17,18). The molecule has 2 aromatic heterocycles. The number of aromatic amines is 2. The summed E-state index contributed by atoms with van der Waals surface area (Å²) >= 11 is 0. The zero-order valence-corrected chi connectivity index (χ0v) is 10.6. The Bertz CT molecular complexity index is 808. The smallest absolute Gasteiger partial charge is 0.337 e. The van der Waals surface area contributed by atoms with E-state index in [1.54, 1.807) is 6.92 Å². The van der Waals surface area contributed by atoms with Crippen molar-refractivity contribution in [2.45, 2.75) is 19.8 Å². The van der Waals surface area contributed by atoms with Crippen LogP contribution in [0.15, 0.2) is 24.9 Å². The largest absolute Gasteiger partial charge is 0.466 e. The van der Waals surface area contributed by atoms with Gasteiger partial charge in [-0.3, -0.25) is 19.6 Å². The number of hydrogen-bond acceptors (Lipinski definition) is 6. The summed E-state index contributed by atoms with van der Waals surface area (Å²) in [4.78, 5) is 49.8. The second-order valence-electron chi connectivity index (χ2n) is 4.01. The zero-order valence-electron chi connectivity index (χ0n) is 10.6. The van der Waals surface area contributed by atoms with E-state index >= 15 is 0 Å². The number of aromatic nitrogens is 2. The molecule has 0 atom stereocenters. The highest BCUT2D eigenvalue weighted by molar-refractivity contribution is 5.76. The van der Waals surface area contributed by atoms with Crippen LogP contribution in [0.2, 0.25) is 0 Å². The minimum atomic E-state index is -0.770. The number of aryl methyl sites for hydroxylation is 1. The summed E-state index contributed by atoms with van der Waals surface area (Å²) in [6, 6.07) is 1.12. The van der Waals surface area contributed by atoms with Crippen molar-refractivity contribution in [3.8, 4) is 0 Å². The Balaban J connectivity index is 2.47. The molecule has 0 radical (unpaired) electrons. The first-order valence-electron chi connectivity index (χ1n) is 5.96. The molecule has 0 aliphatic carbocycles. The van der Waals surface area contributed by atoms with Gasteiger partial charge < -0.3 is 9.15 Å². The number of carbonyl (C=O) groups is 1. The summed E-state index contributed by atoms with van der Waals surface area (Å²) in [7, 11) is 0. The van der Waals surface area contributed by atoms with Crippen molar-refractivity contribution >= 4 is 17.1 Å². The molecule has 0 aliphatic heterocycles. The Morgan fingerprint density at radius 3 is 2.75 bits per heavy atom. The number of esters is 1. The van der Waals surface area contributed by atoms with Gasteiger partial charge in [-0.25, -0.2) is 9.59 Å². The van der Waals surface area contributed by atoms with Crippen molar-refractivity contribution in [1.82, 2.24) is 9.97 Å². The van der Waals surface area contributed by atoms with Crippen LogP contribution in [0.3, 0.4) is 0 Å². The van der Waals surface area contributed by atoms with E-state index in [0.717, 1.165) is 6.07 Å². The normalized spacial score (nSPS) is 10.7. The molecule has 0 fully saturated rings. The minimum absolute atomic E-state index is 0.0188. The predicted octanol–water partition coefficient (Wildman–Crippen LogP) is -0.335. The maximum absolute atomic E-state index is 11.7. The fourth-order valence-corrected chi connectivity index (χ4v) is 1.85. The molecule has 106 valence electrons. The minimum Gasteiger partial charge on any atom is -0.466 e. The van der Waals surface area contributed by atoms with E-state index in [2.05, 4.69) is 4.98 Å². The molecule has 0 saturated carbocycles. The summed E-state index contributed by atoms with van der Waals surface area (Å²) in [5.41, 5.74) is -2.04. The van der Waals surface area contributed by atoms with Gasteiger partial charge >= 0.3 is 17.3 Å². The van der Waals surface area contributed by atoms with Gasteiger partial charge in [0.15, 0.2) is 0 Å². The van der Waals surface area contributed by atoms with Crippen molar-refractivity contribution in [2.24, 2.45) is 0 Å². The fraction of sp³-hybridized carbons (Fsp3) is 0.333. The van der Waals surface area contributed by atoms with E-state index < -0.39 is 22.8 Å². The molecule has 0 spiro atoms.